The van der Waals surface area contributed by atoms with Crippen LogP contribution in [0.2, 0.25) is 0 Å². The zero-order chi connectivity index (χ0) is 15.8. The number of nitrogens with zero attached hydrogens (tertiary/aromatic N) is 1. The molecule has 0 amide bonds. The van der Waals surface area contributed by atoms with E-state index in [-0.39, 0.29) is 0 Å². The smallest absolute Gasteiger partial charge is 0.0516 e. The molecule has 118 valence electrons. The van der Waals surface area contributed by atoms with E-state index in [0.717, 1.165) is 8.58 Å². The molecule has 22 heavy (non-hydrogen) atoms. The molecule has 0 saturated carbocycles. The highest BCUT2D eigenvalue weighted by Gasteiger charge is 2.11. The molecule has 2 rings (SSSR count). The summed E-state index contributed by atoms with van der Waals surface area (Å²) in [6.45, 7) is 2.27. The lowest BCUT2D eigenvalue weighted by molar-refractivity contribution is 0.706. The molecule has 0 spiro atoms. The van der Waals surface area contributed by atoms with E-state index in [9.17, 15) is 0 Å². The summed E-state index contributed by atoms with van der Waals surface area (Å²) < 4.78 is 0. The molecule has 0 fully saturated rings. The van der Waals surface area contributed by atoms with E-state index in [1.807, 2.05) is 0 Å². The Morgan fingerprint density at radius 3 is 2.32 bits per heavy atom. The lowest BCUT2D eigenvalue weighted by atomic mass is 10.0. The van der Waals surface area contributed by atoms with E-state index < -0.39 is 0 Å². The Labute approximate surface area is 137 Å². The summed E-state index contributed by atoms with van der Waals surface area (Å²) in [5.41, 5.74) is 4.05. The van der Waals surface area contributed by atoms with Gasteiger partial charge < -0.3 is 4.90 Å². The molecule has 2 aromatic carbocycles. The van der Waals surface area contributed by atoms with E-state index >= 15 is 0 Å². The van der Waals surface area contributed by atoms with Crippen LogP contribution in [0.25, 0.3) is 11.1 Å². The first kappa shape index (κ1) is 17.0. The van der Waals surface area contributed by atoms with Crippen LogP contribution in [0.3, 0.4) is 0 Å². The maximum absolute atomic E-state index is 2.31. The van der Waals surface area contributed by atoms with Crippen molar-refractivity contribution >= 4 is 19.6 Å². The number of hydrogen-bond donors (Lipinski definition) is 0. The van der Waals surface area contributed by atoms with Gasteiger partial charge in [-0.15, -0.1) is 0 Å². The van der Waals surface area contributed by atoms with Gasteiger partial charge in [-0.25, -0.2) is 0 Å². The molecule has 1 atom stereocenters. The van der Waals surface area contributed by atoms with Crippen molar-refractivity contribution in [1.82, 2.24) is 0 Å². The number of unbranched alkanes of at least 4 members (excludes halogenated alkanes) is 3. The summed E-state index contributed by atoms with van der Waals surface area (Å²) in [7, 11) is 5.23. The quantitative estimate of drug-likeness (QED) is 0.472. The lowest BCUT2D eigenvalue weighted by Crippen LogP contribution is -2.18. The molecule has 2 aromatic rings. The van der Waals surface area contributed by atoms with Gasteiger partial charge in [0.1, 0.15) is 0 Å². The Morgan fingerprint density at radius 2 is 1.64 bits per heavy atom. The predicted molar refractivity (Wildman–Crippen MR) is 103 cm³/mol. The minimum absolute atomic E-state index is 0.907. The van der Waals surface area contributed by atoms with Crippen LogP contribution in [0.5, 0.6) is 0 Å². The number of rotatable bonds is 8. The van der Waals surface area contributed by atoms with Gasteiger partial charge in [0, 0.05) is 19.7 Å². The van der Waals surface area contributed by atoms with Crippen molar-refractivity contribution in [2.75, 3.05) is 25.2 Å². The van der Waals surface area contributed by atoms with Crippen LogP contribution in [0.4, 0.5) is 5.69 Å². The number of anilines is 1. The van der Waals surface area contributed by atoms with Gasteiger partial charge in [-0.2, -0.15) is 0 Å². The molecule has 0 aliphatic heterocycles. The summed E-state index contributed by atoms with van der Waals surface area (Å²) in [5, 5.41) is 1.50. The molecule has 1 unspecified atom stereocenters. The van der Waals surface area contributed by atoms with Crippen LogP contribution in [0.15, 0.2) is 48.5 Å². The molecular weight excluding hydrogens is 285 g/mol. The van der Waals surface area contributed by atoms with Crippen molar-refractivity contribution in [3.63, 3.8) is 0 Å². The first-order valence-electron chi connectivity index (χ1n) is 8.33. The fourth-order valence-corrected chi connectivity index (χ4v) is 4.23. The van der Waals surface area contributed by atoms with E-state index in [1.165, 1.54) is 54.0 Å². The Morgan fingerprint density at radius 1 is 0.864 bits per heavy atom. The molecule has 0 aliphatic carbocycles. The average molecular weight is 313 g/mol. The number of hydrogen-bond acceptors (Lipinski definition) is 1. The zero-order valence-corrected chi connectivity index (χ0v) is 15.1. The van der Waals surface area contributed by atoms with Crippen molar-refractivity contribution in [3.05, 3.63) is 48.5 Å². The monoisotopic (exact) mass is 313 g/mol. The highest BCUT2D eigenvalue weighted by Crippen LogP contribution is 2.32. The topological polar surface area (TPSA) is 3.24 Å². The summed E-state index contributed by atoms with van der Waals surface area (Å²) in [4.78, 5) is 2.27. The third-order valence-corrected chi connectivity index (χ3v) is 5.30. The molecule has 1 nitrogen and oxygen atoms in total. The first-order chi connectivity index (χ1) is 10.7. The molecule has 0 aliphatic rings. The van der Waals surface area contributed by atoms with Crippen LogP contribution in [-0.2, 0) is 0 Å². The number of benzene rings is 2. The van der Waals surface area contributed by atoms with Gasteiger partial charge in [0.2, 0.25) is 0 Å². The van der Waals surface area contributed by atoms with Gasteiger partial charge in [0.15, 0.2) is 0 Å². The summed E-state index contributed by atoms with van der Waals surface area (Å²) >= 11 is 0. The largest absolute Gasteiger partial charge is 0.377 e. The molecule has 0 bridgehead atoms. The van der Waals surface area contributed by atoms with Crippen LogP contribution >= 0.6 is 8.58 Å². The molecule has 0 heterocycles. The summed E-state index contributed by atoms with van der Waals surface area (Å²) in [6.07, 6.45) is 6.73. The van der Waals surface area contributed by atoms with Crippen molar-refractivity contribution in [3.8, 4) is 11.1 Å². The third-order valence-electron chi connectivity index (χ3n) is 3.91. The highest BCUT2D eigenvalue weighted by atomic mass is 31.1. The molecule has 0 N–H and O–H groups in total. The Hall–Kier alpha value is -1.33. The maximum atomic E-state index is 2.31. The van der Waals surface area contributed by atoms with Crippen LogP contribution < -0.4 is 10.2 Å². The van der Waals surface area contributed by atoms with Gasteiger partial charge in [-0.3, -0.25) is 0 Å². The van der Waals surface area contributed by atoms with Crippen molar-refractivity contribution in [1.29, 1.82) is 0 Å². The fourth-order valence-electron chi connectivity index (χ4n) is 2.79. The summed E-state index contributed by atoms with van der Waals surface area (Å²) in [6, 6.07) is 17.5. The van der Waals surface area contributed by atoms with Crippen molar-refractivity contribution < 1.29 is 0 Å². The van der Waals surface area contributed by atoms with Crippen molar-refractivity contribution in [2.45, 2.75) is 32.6 Å². The van der Waals surface area contributed by atoms with Crippen LogP contribution in [-0.4, -0.2) is 20.3 Å². The minimum Gasteiger partial charge on any atom is -0.377 e. The second-order valence-corrected chi connectivity index (χ2v) is 7.34. The average Bonchev–Trinajstić information content (AvgIpc) is 2.55. The zero-order valence-electron chi connectivity index (χ0n) is 14.1. The predicted octanol–water partition coefficient (Wildman–Crippen LogP) is 5.30. The van der Waals surface area contributed by atoms with Gasteiger partial charge in [0.25, 0.3) is 0 Å². The Kier molecular flexibility index (Phi) is 6.93. The van der Waals surface area contributed by atoms with Gasteiger partial charge in [-0.1, -0.05) is 83.3 Å². The summed E-state index contributed by atoms with van der Waals surface area (Å²) in [5.74, 6) is 0. The van der Waals surface area contributed by atoms with Crippen LogP contribution in [0, 0.1) is 0 Å². The highest BCUT2D eigenvalue weighted by molar-refractivity contribution is 7.47. The standard InChI is InChI=1S/C20H28NP/c1-4-5-6-10-16-22-19-15-11-14-18(20(19)21(2)3)17-12-8-7-9-13-17/h7-9,11-15,22H,4-6,10,16H2,1-3H3. The second kappa shape index (κ2) is 8.96. The Balaban J connectivity index is 2.20. The van der Waals surface area contributed by atoms with E-state index in [1.54, 1.807) is 0 Å². The van der Waals surface area contributed by atoms with Crippen LogP contribution in [0.1, 0.15) is 32.6 Å². The van der Waals surface area contributed by atoms with E-state index in [2.05, 4.69) is 74.4 Å². The van der Waals surface area contributed by atoms with E-state index in [0.29, 0.717) is 0 Å². The van der Waals surface area contributed by atoms with Gasteiger partial charge >= 0.3 is 0 Å². The third kappa shape index (κ3) is 4.58. The molecule has 0 aromatic heterocycles. The first-order valence-corrected chi connectivity index (χ1v) is 9.54. The van der Waals surface area contributed by atoms with Gasteiger partial charge in [0.05, 0.1) is 5.69 Å². The molecule has 0 saturated heterocycles. The second-order valence-electron chi connectivity index (χ2n) is 5.95. The Bertz CT molecular complexity index is 563. The maximum Gasteiger partial charge on any atom is 0.0516 e. The SMILES string of the molecule is CCCCCCPc1cccc(-c2ccccc2)c1N(C)C. The number of para-hydroxylation sites is 1. The molecule has 0 radical (unpaired) electrons. The van der Waals surface area contributed by atoms with Crippen molar-refractivity contribution in [2.24, 2.45) is 0 Å². The minimum atomic E-state index is 0.907. The molecule has 2 heteroatoms. The lowest BCUT2D eigenvalue weighted by Gasteiger charge is -2.22. The fraction of sp³-hybridized carbons (Fsp3) is 0.400. The normalized spacial score (nSPS) is 11.2. The van der Waals surface area contributed by atoms with Gasteiger partial charge in [-0.05, 0) is 23.5 Å². The molecular formula is C20H28NP. The van der Waals surface area contributed by atoms with E-state index in [4.69, 9.17) is 0 Å².